The summed E-state index contributed by atoms with van der Waals surface area (Å²) < 4.78 is 0. The third-order valence-corrected chi connectivity index (χ3v) is 4.57. The molecule has 0 radical (unpaired) electrons. The van der Waals surface area contributed by atoms with Crippen molar-refractivity contribution < 1.29 is 5.21 Å². The quantitative estimate of drug-likeness (QED) is 0.830. The van der Waals surface area contributed by atoms with Crippen molar-refractivity contribution in [2.75, 3.05) is 36.6 Å². The van der Waals surface area contributed by atoms with Crippen LogP contribution >= 0.6 is 0 Å². The number of anilines is 2. The van der Waals surface area contributed by atoms with Crippen molar-refractivity contribution >= 4 is 11.5 Å². The molecule has 110 valence electrons. The lowest BCUT2D eigenvalue weighted by molar-refractivity contribution is 0.141. The van der Waals surface area contributed by atoms with E-state index in [0.29, 0.717) is 5.69 Å². The lowest BCUT2D eigenvalue weighted by Gasteiger charge is -2.40. The molecule has 0 unspecified atom stereocenters. The number of likely N-dealkylation sites (tertiary alicyclic amines) is 1. The average Bonchev–Trinajstić information content (AvgIpc) is 2.56. The van der Waals surface area contributed by atoms with E-state index in [1.165, 1.54) is 45.2 Å². The molecule has 3 rings (SSSR count). The topological polar surface area (TPSA) is 51.6 Å². The van der Waals surface area contributed by atoms with Crippen molar-refractivity contribution in [3.05, 3.63) is 18.3 Å². The van der Waals surface area contributed by atoms with Crippen molar-refractivity contribution in [2.24, 2.45) is 0 Å². The van der Waals surface area contributed by atoms with Gasteiger partial charge in [0.05, 0.1) is 11.9 Å². The van der Waals surface area contributed by atoms with E-state index in [2.05, 4.69) is 20.3 Å². The Kier molecular flexibility index (Phi) is 4.38. The predicted octanol–water partition coefficient (Wildman–Crippen LogP) is 2.34. The van der Waals surface area contributed by atoms with Gasteiger partial charge in [-0.3, -0.25) is 10.7 Å². The minimum atomic E-state index is 0.636. The van der Waals surface area contributed by atoms with Crippen LogP contribution in [-0.4, -0.2) is 47.3 Å². The van der Waals surface area contributed by atoms with Gasteiger partial charge in [-0.05, 0) is 50.9 Å². The van der Waals surface area contributed by atoms with E-state index in [0.717, 1.165) is 24.9 Å². The second kappa shape index (κ2) is 6.41. The van der Waals surface area contributed by atoms with E-state index < -0.39 is 0 Å². The van der Waals surface area contributed by atoms with E-state index >= 15 is 0 Å². The minimum Gasteiger partial charge on any atom is -0.357 e. The van der Waals surface area contributed by atoms with Gasteiger partial charge in [0.25, 0.3) is 0 Å². The second-order valence-electron chi connectivity index (χ2n) is 5.83. The standard InChI is InChI=1S/C15H24N4O/c20-17-13-4-5-15(16-12-13)19-10-6-14(7-11-19)18-8-2-1-3-9-18/h4-5,12,14,17,20H,1-3,6-11H2. The van der Waals surface area contributed by atoms with Crippen molar-refractivity contribution in [3.8, 4) is 0 Å². The molecular formula is C15H24N4O. The SMILES string of the molecule is ONc1ccc(N2CCC(N3CCCCC3)CC2)nc1. The van der Waals surface area contributed by atoms with Crippen LogP contribution in [0.2, 0.25) is 0 Å². The normalized spacial score (nSPS) is 21.9. The van der Waals surface area contributed by atoms with E-state index in [-0.39, 0.29) is 0 Å². The van der Waals surface area contributed by atoms with E-state index in [9.17, 15) is 0 Å². The molecule has 0 amide bonds. The van der Waals surface area contributed by atoms with Gasteiger partial charge in [-0.1, -0.05) is 6.42 Å². The molecule has 2 aliphatic heterocycles. The lowest BCUT2D eigenvalue weighted by atomic mass is 10.00. The van der Waals surface area contributed by atoms with Crippen LogP contribution in [0.15, 0.2) is 18.3 Å². The summed E-state index contributed by atoms with van der Waals surface area (Å²) in [5, 5.41) is 8.81. The van der Waals surface area contributed by atoms with Gasteiger partial charge >= 0.3 is 0 Å². The summed E-state index contributed by atoms with van der Waals surface area (Å²) in [4.78, 5) is 9.44. The fourth-order valence-electron chi connectivity index (χ4n) is 3.38. The maximum Gasteiger partial charge on any atom is 0.128 e. The fraction of sp³-hybridized carbons (Fsp3) is 0.667. The van der Waals surface area contributed by atoms with Gasteiger partial charge in [-0.25, -0.2) is 4.98 Å². The van der Waals surface area contributed by atoms with Gasteiger partial charge in [0, 0.05) is 19.1 Å². The van der Waals surface area contributed by atoms with Gasteiger partial charge in [-0.15, -0.1) is 0 Å². The Hall–Kier alpha value is -1.33. The summed E-state index contributed by atoms with van der Waals surface area (Å²) in [7, 11) is 0. The molecule has 0 aromatic carbocycles. The Morgan fingerprint density at radius 2 is 1.80 bits per heavy atom. The van der Waals surface area contributed by atoms with Gasteiger partial charge < -0.3 is 9.80 Å². The van der Waals surface area contributed by atoms with Gasteiger partial charge in [-0.2, -0.15) is 0 Å². The van der Waals surface area contributed by atoms with E-state index in [1.54, 1.807) is 6.20 Å². The first-order valence-corrected chi connectivity index (χ1v) is 7.72. The highest BCUT2D eigenvalue weighted by Gasteiger charge is 2.25. The zero-order chi connectivity index (χ0) is 13.8. The van der Waals surface area contributed by atoms with Crippen LogP contribution in [-0.2, 0) is 0 Å². The molecule has 0 spiro atoms. The van der Waals surface area contributed by atoms with Crippen LogP contribution in [0.5, 0.6) is 0 Å². The maximum atomic E-state index is 8.81. The number of hydrogen-bond donors (Lipinski definition) is 2. The molecule has 5 nitrogen and oxygen atoms in total. The van der Waals surface area contributed by atoms with E-state index in [1.807, 2.05) is 12.1 Å². The summed E-state index contributed by atoms with van der Waals surface area (Å²) in [6.07, 6.45) is 8.30. The molecule has 3 heterocycles. The first kappa shape index (κ1) is 13.6. The molecule has 2 saturated heterocycles. The molecule has 0 atom stereocenters. The van der Waals surface area contributed by atoms with Gasteiger partial charge in [0.1, 0.15) is 5.82 Å². The lowest BCUT2D eigenvalue weighted by Crippen LogP contribution is -2.46. The highest BCUT2D eigenvalue weighted by Crippen LogP contribution is 2.24. The third kappa shape index (κ3) is 3.04. The number of pyridine rings is 1. The molecule has 0 bridgehead atoms. The first-order chi connectivity index (χ1) is 9.86. The molecule has 2 aliphatic rings. The largest absolute Gasteiger partial charge is 0.357 e. The first-order valence-electron chi connectivity index (χ1n) is 7.72. The highest BCUT2D eigenvalue weighted by molar-refractivity contribution is 5.47. The van der Waals surface area contributed by atoms with E-state index in [4.69, 9.17) is 5.21 Å². The molecule has 0 saturated carbocycles. The second-order valence-corrected chi connectivity index (χ2v) is 5.83. The Morgan fingerprint density at radius 1 is 1.05 bits per heavy atom. The zero-order valence-corrected chi connectivity index (χ0v) is 12.0. The summed E-state index contributed by atoms with van der Waals surface area (Å²) in [6, 6.07) is 4.60. The molecule has 1 aromatic rings. The predicted molar refractivity (Wildman–Crippen MR) is 80.3 cm³/mol. The molecule has 2 fully saturated rings. The van der Waals surface area contributed by atoms with Crippen LogP contribution in [0.3, 0.4) is 0 Å². The van der Waals surface area contributed by atoms with Crippen molar-refractivity contribution in [3.63, 3.8) is 0 Å². The third-order valence-electron chi connectivity index (χ3n) is 4.57. The Morgan fingerprint density at radius 3 is 2.40 bits per heavy atom. The van der Waals surface area contributed by atoms with Crippen LogP contribution in [0, 0.1) is 0 Å². The number of rotatable bonds is 3. The average molecular weight is 276 g/mol. The van der Waals surface area contributed by atoms with Crippen LogP contribution in [0.4, 0.5) is 11.5 Å². The molecule has 5 heteroatoms. The summed E-state index contributed by atoms with van der Waals surface area (Å²) >= 11 is 0. The molecule has 2 N–H and O–H groups in total. The van der Waals surface area contributed by atoms with Crippen molar-refractivity contribution in [1.29, 1.82) is 0 Å². The highest BCUT2D eigenvalue weighted by atomic mass is 16.5. The van der Waals surface area contributed by atoms with Crippen molar-refractivity contribution in [1.82, 2.24) is 9.88 Å². The molecule has 0 aliphatic carbocycles. The Labute approximate surface area is 120 Å². The summed E-state index contributed by atoms with van der Waals surface area (Å²) in [6.45, 7) is 4.75. The van der Waals surface area contributed by atoms with Crippen molar-refractivity contribution in [2.45, 2.75) is 38.1 Å². The maximum absolute atomic E-state index is 8.81. The van der Waals surface area contributed by atoms with Crippen LogP contribution in [0.25, 0.3) is 0 Å². The van der Waals surface area contributed by atoms with Gasteiger partial charge in [0.2, 0.25) is 0 Å². The summed E-state index contributed by atoms with van der Waals surface area (Å²) in [5.74, 6) is 1.01. The smallest absolute Gasteiger partial charge is 0.128 e. The number of piperidine rings is 2. The molecular weight excluding hydrogens is 252 g/mol. The van der Waals surface area contributed by atoms with Gasteiger partial charge in [0.15, 0.2) is 0 Å². The van der Waals surface area contributed by atoms with Crippen LogP contribution in [0.1, 0.15) is 32.1 Å². The molecule has 20 heavy (non-hydrogen) atoms. The molecule has 1 aromatic heterocycles. The number of nitrogens with zero attached hydrogens (tertiary/aromatic N) is 3. The fourth-order valence-corrected chi connectivity index (χ4v) is 3.38. The number of nitrogens with one attached hydrogen (secondary N) is 1. The monoisotopic (exact) mass is 276 g/mol. The Bertz CT molecular complexity index is 408. The Balaban J connectivity index is 1.54. The zero-order valence-electron chi connectivity index (χ0n) is 12.0. The number of hydrogen-bond acceptors (Lipinski definition) is 5. The summed E-state index contributed by atoms with van der Waals surface area (Å²) in [5.41, 5.74) is 2.76. The van der Waals surface area contributed by atoms with Crippen LogP contribution < -0.4 is 10.4 Å². The minimum absolute atomic E-state index is 0.636. The number of aromatic nitrogens is 1.